The molecular formula is C19H20BrN5O. The zero-order chi connectivity index (χ0) is 18.7. The molecule has 134 valence electrons. The number of rotatable bonds is 5. The fraction of sp³-hybridized carbons (Fsp3) is 0.263. The fourth-order valence-electron chi connectivity index (χ4n) is 2.63. The molecule has 2 aromatic carbocycles. The third-order valence-electron chi connectivity index (χ3n) is 4.16. The average molecular weight is 414 g/mol. The number of nitrogens with zero attached hydrogens (tertiary/aromatic N) is 5. The highest BCUT2D eigenvalue weighted by atomic mass is 79.9. The Kier molecular flexibility index (Phi) is 5.46. The number of hydrogen-bond acceptors (Lipinski definition) is 4. The Morgan fingerprint density at radius 1 is 1.15 bits per heavy atom. The van der Waals surface area contributed by atoms with Crippen LogP contribution in [0.3, 0.4) is 0 Å². The number of carbonyl (C=O) groups excluding carboxylic acids is 1. The van der Waals surface area contributed by atoms with E-state index in [0.717, 1.165) is 15.6 Å². The molecule has 6 nitrogen and oxygen atoms in total. The number of hydrogen-bond donors (Lipinski definition) is 0. The molecule has 26 heavy (non-hydrogen) atoms. The Hall–Kier alpha value is -2.54. The van der Waals surface area contributed by atoms with Gasteiger partial charge >= 0.3 is 0 Å². The Morgan fingerprint density at radius 2 is 1.88 bits per heavy atom. The molecule has 1 heterocycles. The lowest BCUT2D eigenvalue weighted by molar-refractivity contribution is -0.131. The van der Waals surface area contributed by atoms with E-state index in [4.69, 9.17) is 0 Å². The number of aromatic nitrogens is 4. The molecule has 0 unspecified atom stereocenters. The summed E-state index contributed by atoms with van der Waals surface area (Å²) >= 11 is 3.40. The van der Waals surface area contributed by atoms with Crippen molar-refractivity contribution in [2.45, 2.75) is 26.9 Å². The molecule has 1 aromatic heterocycles. The number of tetrazole rings is 1. The largest absolute Gasteiger partial charge is 0.340 e. The van der Waals surface area contributed by atoms with Gasteiger partial charge in [-0.1, -0.05) is 39.7 Å². The van der Waals surface area contributed by atoms with Crippen LogP contribution in [0.2, 0.25) is 0 Å². The van der Waals surface area contributed by atoms with E-state index < -0.39 is 0 Å². The first-order valence-electron chi connectivity index (χ1n) is 8.26. The number of carbonyl (C=O) groups is 1. The first-order valence-corrected chi connectivity index (χ1v) is 9.05. The summed E-state index contributed by atoms with van der Waals surface area (Å²) in [6, 6.07) is 13.9. The highest BCUT2D eigenvalue weighted by molar-refractivity contribution is 9.10. The summed E-state index contributed by atoms with van der Waals surface area (Å²) in [5.74, 6) is 0.437. The van der Waals surface area contributed by atoms with E-state index >= 15 is 0 Å². The minimum absolute atomic E-state index is 0.0605. The summed E-state index contributed by atoms with van der Waals surface area (Å²) in [7, 11) is 1.79. The number of benzene rings is 2. The quantitative estimate of drug-likeness (QED) is 0.642. The van der Waals surface area contributed by atoms with E-state index in [1.54, 1.807) is 11.9 Å². The van der Waals surface area contributed by atoms with Crippen LogP contribution in [0.25, 0.3) is 11.4 Å². The highest BCUT2D eigenvalue weighted by Gasteiger charge is 2.14. The zero-order valence-electron chi connectivity index (χ0n) is 15.0. The second-order valence-corrected chi connectivity index (χ2v) is 7.25. The van der Waals surface area contributed by atoms with Crippen molar-refractivity contribution in [2.24, 2.45) is 0 Å². The Morgan fingerprint density at radius 3 is 2.58 bits per heavy atom. The first kappa shape index (κ1) is 18.3. The normalized spacial score (nSPS) is 10.8. The molecule has 0 radical (unpaired) electrons. The summed E-state index contributed by atoms with van der Waals surface area (Å²) in [5.41, 5.74) is 4.39. The highest BCUT2D eigenvalue weighted by Crippen LogP contribution is 2.17. The van der Waals surface area contributed by atoms with Crippen LogP contribution in [0.5, 0.6) is 0 Å². The van der Waals surface area contributed by atoms with Crippen LogP contribution in [0.4, 0.5) is 0 Å². The van der Waals surface area contributed by atoms with Crippen molar-refractivity contribution in [1.29, 1.82) is 0 Å². The van der Waals surface area contributed by atoms with Crippen LogP contribution < -0.4 is 0 Å². The molecule has 0 atom stereocenters. The number of aryl methyl sites for hydroxylation is 2. The van der Waals surface area contributed by atoms with E-state index in [1.165, 1.54) is 15.9 Å². The van der Waals surface area contributed by atoms with Gasteiger partial charge < -0.3 is 4.90 Å². The van der Waals surface area contributed by atoms with E-state index in [-0.39, 0.29) is 12.5 Å². The number of likely N-dealkylation sites (N-methyl/N-ethyl adjacent to an activating group) is 1. The van der Waals surface area contributed by atoms with Crippen molar-refractivity contribution in [3.05, 3.63) is 63.6 Å². The molecule has 0 N–H and O–H groups in total. The summed E-state index contributed by atoms with van der Waals surface area (Å²) in [4.78, 5) is 15.5. The molecule has 0 spiro atoms. The van der Waals surface area contributed by atoms with Gasteiger partial charge in [-0.25, -0.2) is 0 Å². The minimum atomic E-state index is -0.0651. The predicted molar refractivity (Wildman–Crippen MR) is 103 cm³/mol. The van der Waals surface area contributed by atoms with Crippen LogP contribution in [-0.4, -0.2) is 38.1 Å². The van der Waals surface area contributed by atoms with Crippen LogP contribution in [0.15, 0.2) is 46.9 Å². The molecule has 0 saturated carbocycles. The van der Waals surface area contributed by atoms with Crippen molar-refractivity contribution in [1.82, 2.24) is 25.1 Å². The van der Waals surface area contributed by atoms with Crippen LogP contribution in [0, 0.1) is 13.8 Å². The molecule has 0 aliphatic carbocycles. The van der Waals surface area contributed by atoms with Gasteiger partial charge in [0.25, 0.3) is 0 Å². The molecule has 3 aromatic rings. The predicted octanol–water partition coefficient (Wildman–Crippen LogP) is 3.38. The van der Waals surface area contributed by atoms with Crippen molar-refractivity contribution >= 4 is 21.8 Å². The van der Waals surface area contributed by atoms with Gasteiger partial charge in [0, 0.05) is 23.6 Å². The van der Waals surface area contributed by atoms with Crippen molar-refractivity contribution in [3.8, 4) is 11.4 Å². The van der Waals surface area contributed by atoms with Gasteiger partial charge in [0.2, 0.25) is 11.7 Å². The van der Waals surface area contributed by atoms with Gasteiger partial charge in [-0.3, -0.25) is 4.79 Å². The minimum Gasteiger partial charge on any atom is -0.340 e. The van der Waals surface area contributed by atoms with Gasteiger partial charge in [-0.2, -0.15) is 4.80 Å². The summed E-state index contributed by atoms with van der Waals surface area (Å²) in [6.07, 6.45) is 0. The second-order valence-electron chi connectivity index (χ2n) is 6.33. The first-order chi connectivity index (χ1) is 12.4. The molecule has 0 fully saturated rings. The van der Waals surface area contributed by atoms with Gasteiger partial charge in [-0.15, -0.1) is 10.2 Å². The van der Waals surface area contributed by atoms with Crippen molar-refractivity contribution in [3.63, 3.8) is 0 Å². The smallest absolute Gasteiger partial charge is 0.246 e. The molecule has 7 heteroatoms. The molecule has 0 bridgehead atoms. The Balaban J connectivity index is 1.65. The third-order valence-corrected chi connectivity index (χ3v) is 4.69. The second kappa shape index (κ2) is 7.78. The Labute approximate surface area is 161 Å². The standard InChI is InChI=1S/C19H20BrN5O/c1-13-4-5-16(14(2)10-13)11-24(3)18(26)12-25-22-19(21-23-25)15-6-8-17(20)9-7-15/h4-10H,11-12H2,1-3H3. The van der Waals surface area contributed by atoms with Crippen LogP contribution in [-0.2, 0) is 17.9 Å². The molecule has 0 aliphatic heterocycles. The Bertz CT molecular complexity index is 920. The van der Waals surface area contributed by atoms with Crippen LogP contribution in [0.1, 0.15) is 16.7 Å². The summed E-state index contributed by atoms with van der Waals surface area (Å²) < 4.78 is 0.983. The monoisotopic (exact) mass is 413 g/mol. The SMILES string of the molecule is Cc1ccc(CN(C)C(=O)Cn2nnc(-c3ccc(Br)cc3)n2)c(C)c1. The lowest BCUT2D eigenvalue weighted by atomic mass is 10.1. The van der Waals surface area contributed by atoms with Crippen LogP contribution >= 0.6 is 15.9 Å². The van der Waals surface area contributed by atoms with Gasteiger partial charge in [-0.05, 0) is 54.5 Å². The maximum atomic E-state index is 12.5. The molecule has 1 amide bonds. The molecule has 0 saturated heterocycles. The average Bonchev–Trinajstić information content (AvgIpc) is 3.06. The molecule has 0 aliphatic rings. The van der Waals surface area contributed by atoms with E-state index in [9.17, 15) is 4.79 Å². The molecule has 3 rings (SSSR count). The number of halogens is 1. The van der Waals surface area contributed by atoms with Crippen molar-refractivity contribution < 1.29 is 4.79 Å². The van der Waals surface area contributed by atoms with E-state index in [2.05, 4.69) is 63.4 Å². The van der Waals surface area contributed by atoms with Gasteiger partial charge in [0.05, 0.1) is 0 Å². The van der Waals surface area contributed by atoms with Crippen molar-refractivity contribution in [2.75, 3.05) is 7.05 Å². The fourth-order valence-corrected chi connectivity index (χ4v) is 2.90. The maximum Gasteiger partial charge on any atom is 0.246 e. The number of amides is 1. The third kappa shape index (κ3) is 4.35. The maximum absolute atomic E-state index is 12.5. The summed E-state index contributed by atoms with van der Waals surface area (Å²) in [6.45, 7) is 4.74. The topological polar surface area (TPSA) is 63.9 Å². The van der Waals surface area contributed by atoms with E-state index in [1.807, 2.05) is 24.3 Å². The van der Waals surface area contributed by atoms with E-state index in [0.29, 0.717) is 12.4 Å². The van der Waals surface area contributed by atoms with Gasteiger partial charge in [0.15, 0.2) is 0 Å². The molecular weight excluding hydrogens is 394 g/mol. The lowest BCUT2D eigenvalue weighted by Crippen LogP contribution is -2.30. The lowest BCUT2D eigenvalue weighted by Gasteiger charge is -2.18. The van der Waals surface area contributed by atoms with Gasteiger partial charge in [0.1, 0.15) is 6.54 Å². The zero-order valence-corrected chi connectivity index (χ0v) is 16.6. The summed E-state index contributed by atoms with van der Waals surface area (Å²) in [5, 5.41) is 12.3.